The van der Waals surface area contributed by atoms with Crippen molar-refractivity contribution in [3.8, 4) is 5.75 Å². The zero-order valence-electron chi connectivity index (χ0n) is 24.0. The third-order valence-corrected chi connectivity index (χ3v) is 8.29. The van der Waals surface area contributed by atoms with Gasteiger partial charge < -0.3 is 4.29 Å². The van der Waals surface area contributed by atoms with E-state index in [1.807, 2.05) is 12.1 Å². The number of para-hydroxylation sites is 1. The van der Waals surface area contributed by atoms with E-state index < -0.39 is 0 Å². The molecule has 0 amide bonds. The highest BCUT2D eigenvalue weighted by Gasteiger charge is 2.30. The van der Waals surface area contributed by atoms with Gasteiger partial charge in [-0.3, -0.25) is 0 Å². The fraction of sp³-hybridized carbons (Fsp3) is 0.818. The monoisotopic (exact) mass is 506 g/mol. The molecule has 2 heteroatoms. The number of benzene rings is 1. The van der Waals surface area contributed by atoms with Crippen LogP contribution in [0.4, 0.5) is 0 Å². The summed E-state index contributed by atoms with van der Waals surface area (Å²) in [6.45, 7) is 9.55. The fourth-order valence-electron chi connectivity index (χ4n) is 5.69. The lowest BCUT2D eigenvalue weighted by molar-refractivity contribution is 0.175. The third kappa shape index (κ3) is 15.9. The molecule has 1 aromatic rings. The minimum absolute atomic E-state index is 0.256. The van der Waals surface area contributed by atoms with Gasteiger partial charge in [0.15, 0.2) is 0 Å². The van der Waals surface area contributed by atoms with Crippen molar-refractivity contribution < 1.29 is 4.29 Å². The van der Waals surface area contributed by atoms with Gasteiger partial charge in [0.05, 0.1) is 0 Å². The van der Waals surface area contributed by atoms with Crippen LogP contribution >= 0.6 is 11.9 Å². The topological polar surface area (TPSA) is 9.23 Å². The van der Waals surface area contributed by atoms with E-state index in [2.05, 4.69) is 39.8 Å². The lowest BCUT2D eigenvalue weighted by Crippen LogP contribution is -2.27. The van der Waals surface area contributed by atoms with Crippen LogP contribution in [0.1, 0.15) is 162 Å². The van der Waals surface area contributed by atoms with Crippen LogP contribution in [0.3, 0.4) is 0 Å². The first-order chi connectivity index (χ1) is 17.0. The van der Waals surface area contributed by atoms with E-state index in [-0.39, 0.29) is 5.41 Å². The Hall–Kier alpha value is -0.690. The van der Waals surface area contributed by atoms with Crippen LogP contribution in [-0.2, 0) is 6.42 Å². The van der Waals surface area contributed by atoms with Gasteiger partial charge in [-0.15, -0.1) is 0 Å². The van der Waals surface area contributed by atoms with Crippen molar-refractivity contribution >= 4 is 11.9 Å². The van der Waals surface area contributed by atoms with Crippen molar-refractivity contribution in [3.05, 3.63) is 29.8 Å². The summed E-state index contributed by atoms with van der Waals surface area (Å²) < 4.78 is 5.16. The van der Waals surface area contributed by atoms with Gasteiger partial charge in [0.25, 0.3) is 0 Å². The van der Waals surface area contributed by atoms with Gasteiger partial charge in [-0.2, -0.15) is 0 Å². The summed E-state index contributed by atoms with van der Waals surface area (Å²) in [6, 6.07) is 8.30. The van der Waals surface area contributed by atoms with Crippen LogP contribution in [-0.4, -0.2) is 0 Å². The standard InChI is InChI=1S/C33H59ClO/c1-5-7-9-11-13-15-16-18-20-22-27-31(26-21-19-17-14-12-10-8-6-2)33(3,4)29-30-25-23-24-28-32(30)35-34/h23-25,28,31H,5-22,26-27,29H2,1-4H3. The molecule has 1 rings (SSSR count). The Kier molecular flexibility index (Phi) is 19.8. The second-order valence-corrected chi connectivity index (χ2v) is 11.9. The molecular weight excluding hydrogens is 448 g/mol. The Balaban J connectivity index is 2.47. The molecule has 1 nitrogen and oxygen atoms in total. The van der Waals surface area contributed by atoms with Crippen LogP contribution in [0.25, 0.3) is 0 Å². The van der Waals surface area contributed by atoms with Crippen molar-refractivity contribution in [2.75, 3.05) is 0 Å². The summed E-state index contributed by atoms with van der Waals surface area (Å²) in [5, 5.41) is 0. The zero-order chi connectivity index (χ0) is 25.6. The molecule has 0 saturated heterocycles. The van der Waals surface area contributed by atoms with Crippen molar-refractivity contribution in [2.24, 2.45) is 11.3 Å². The highest BCUT2D eigenvalue weighted by molar-refractivity contribution is 6.09. The molecule has 0 aliphatic carbocycles. The summed E-state index contributed by atoms with van der Waals surface area (Å²) in [5.74, 6) is 1.59. The molecule has 204 valence electrons. The Morgan fingerprint density at radius 3 is 1.46 bits per heavy atom. The van der Waals surface area contributed by atoms with Gasteiger partial charge in [0.1, 0.15) is 17.6 Å². The minimum atomic E-state index is 0.256. The summed E-state index contributed by atoms with van der Waals surface area (Å²) in [5.41, 5.74) is 1.50. The maximum absolute atomic E-state index is 5.78. The fourth-order valence-corrected chi connectivity index (χ4v) is 5.84. The van der Waals surface area contributed by atoms with Gasteiger partial charge in [0, 0.05) is 0 Å². The van der Waals surface area contributed by atoms with Crippen LogP contribution in [0, 0.1) is 11.3 Å². The summed E-state index contributed by atoms with van der Waals surface area (Å²) in [4.78, 5) is 0. The van der Waals surface area contributed by atoms with Gasteiger partial charge in [-0.1, -0.05) is 161 Å². The number of halogens is 1. The van der Waals surface area contributed by atoms with Gasteiger partial charge in [-0.05, 0) is 42.2 Å². The molecule has 0 radical (unpaired) electrons. The van der Waals surface area contributed by atoms with E-state index in [0.29, 0.717) is 0 Å². The molecule has 0 heterocycles. The predicted octanol–water partition coefficient (Wildman–Crippen LogP) is 12.2. The van der Waals surface area contributed by atoms with E-state index >= 15 is 0 Å². The Morgan fingerprint density at radius 2 is 1.03 bits per heavy atom. The molecule has 0 fully saturated rings. The molecule has 35 heavy (non-hydrogen) atoms. The SMILES string of the molecule is CCCCCCCCCCCCC(CCCCCCCCCC)C(C)(C)Cc1ccccc1OCl. The smallest absolute Gasteiger partial charge is 0.149 e. The van der Waals surface area contributed by atoms with Gasteiger partial charge in [-0.25, -0.2) is 0 Å². The van der Waals surface area contributed by atoms with Crippen LogP contribution in [0.5, 0.6) is 5.75 Å². The predicted molar refractivity (Wildman–Crippen MR) is 158 cm³/mol. The summed E-state index contributed by atoms with van der Waals surface area (Å²) in [6.07, 6.45) is 29.1. The quantitative estimate of drug-likeness (QED) is 0.127. The van der Waals surface area contributed by atoms with Crippen molar-refractivity contribution in [1.29, 1.82) is 0 Å². The number of unbranched alkanes of at least 4 members (excludes halogenated alkanes) is 16. The highest BCUT2D eigenvalue weighted by atomic mass is 35.5. The van der Waals surface area contributed by atoms with Crippen molar-refractivity contribution in [3.63, 3.8) is 0 Å². The first-order valence-electron chi connectivity index (χ1n) is 15.4. The second kappa shape index (κ2) is 21.4. The van der Waals surface area contributed by atoms with E-state index in [0.717, 1.165) is 18.1 Å². The third-order valence-electron chi connectivity index (χ3n) is 8.12. The van der Waals surface area contributed by atoms with Crippen LogP contribution in [0.15, 0.2) is 24.3 Å². The Bertz CT molecular complexity index is 597. The molecule has 0 spiro atoms. The first kappa shape index (κ1) is 32.3. The molecule has 0 aromatic heterocycles. The largest absolute Gasteiger partial charge is 0.385 e. The molecule has 0 N–H and O–H groups in total. The van der Waals surface area contributed by atoms with Gasteiger partial charge >= 0.3 is 0 Å². The molecular formula is C33H59ClO. The molecule has 0 saturated carbocycles. The molecule has 0 aliphatic heterocycles. The molecule has 0 bridgehead atoms. The number of hydrogen-bond acceptors (Lipinski definition) is 1. The minimum Gasteiger partial charge on any atom is -0.385 e. The molecule has 1 unspecified atom stereocenters. The molecule has 0 aliphatic rings. The second-order valence-electron chi connectivity index (χ2n) is 11.8. The van der Waals surface area contributed by atoms with Crippen molar-refractivity contribution in [1.82, 2.24) is 0 Å². The Labute approximate surface area is 225 Å². The van der Waals surface area contributed by atoms with Crippen molar-refractivity contribution in [2.45, 2.75) is 163 Å². The first-order valence-corrected chi connectivity index (χ1v) is 15.7. The average molecular weight is 507 g/mol. The maximum Gasteiger partial charge on any atom is 0.149 e. The highest BCUT2D eigenvalue weighted by Crippen LogP contribution is 2.40. The number of hydrogen-bond donors (Lipinski definition) is 0. The molecule has 1 atom stereocenters. The normalized spacial score (nSPS) is 12.7. The lowest BCUT2D eigenvalue weighted by atomic mass is 9.70. The number of rotatable bonds is 24. The van der Waals surface area contributed by atoms with E-state index in [1.165, 1.54) is 134 Å². The van der Waals surface area contributed by atoms with E-state index in [4.69, 9.17) is 16.2 Å². The van der Waals surface area contributed by atoms with E-state index in [9.17, 15) is 0 Å². The zero-order valence-corrected chi connectivity index (χ0v) is 24.8. The maximum atomic E-state index is 5.78. The summed E-state index contributed by atoms with van der Waals surface area (Å²) in [7, 11) is 0. The van der Waals surface area contributed by atoms with Crippen LogP contribution in [0.2, 0.25) is 0 Å². The average Bonchev–Trinajstić information content (AvgIpc) is 2.85. The van der Waals surface area contributed by atoms with E-state index in [1.54, 1.807) is 0 Å². The molecule has 1 aromatic carbocycles. The Morgan fingerprint density at radius 1 is 0.629 bits per heavy atom. The summed E-state index contributed by atoms with van der Waals surface area (Å²) >= 11 is 5.78. The van der Waals surface area contributed by atoms with Crippen LogP contribution < -0.4 is 4.29 Å². The van der Waals surface area contributed by atoms with Gasteiger partial charge in [0.2, 0.25) is 0 Å². The lowest BCUT2D eigenvalue weighted by Gasteiger charge is -2.35.